The first-order chi connectivity index (χ1) is 18.7. The lowest BCUT2D eigenvalue weighted by Gasteiger charge is -2.26. The fourth-order valence-corrected chi connectivity index (χ4v) is 4.09. The van der Waals surface area contributed by atoms with E-state index >= 15 is 0 Å². The highest BCUT2D eigenvalue weighted by atomic mass is 16.4. The molecule has 3 rings (SSSR count). The molecule has 39 heavy (non-hydrogen) atoms. The van der Waals surface area contributed by atoms with Gasteiger partial charge in [0.1, 0.15) is 17.8 Å². The van der Waals surface area contributed by atoms with Gasteiger partial charge in [0.15, 0.2) is 0 Å². The zero-order valence-corrected chi connectivity index (χ0v) is 22.0. The molecule has 0 bridgehead atoms. The van der Waals surface area contributed by atoms with Crippen molar-refractivity contribution in [2.24, 2.45) is 5.92 Å². The largest absolute Gasteiger partial charge is 0.475 e. The molecule has 0 aliphatic carbocycles. The third-order valence-corrected chi connectivity index (χ3v) is 6.03. The van der Waals surface area contributed by atoms with Crippen LogP contribution in [-0.4, -0.2) is 62.9 Å². The fourth-order valence-electron chi connectivity index (χ4n) is 4.09. The zero-order valence-electron chi connectivity index (χ0n) is 22.0. The van der Waals surface area contributed by atoms with Crippen LogP contribution < -0.4 is 16.0 Å². The van der Waals surface area contributed by atoms with Gasteiger partial charge in [0.2, 0.25) is 11.8 Å². The second-order valence-electron chi connectivity index (χ2n) is 9.72. The molecule has 3 aromatic rings. The summed E-state index contributed by atoms with van der Waals surface area (Å²) in [5.74, 6) is -2.54. The maximum absolute atomic E-state index is 13.6. The number of aromatic nitrogens is 2. The number of hydrogen-bond donors (Lipinski definition) is 5. The van der Waals surface area contributed by atoms with Gasteiger partial charge in [-0.05, 0) is 23.5 Å². The van der Waals surface area contributed by atoms with Crippen molar-refractivity contribution >= 4 is 24.8 Å². The molecule has 3 amide bonds. The number of benzene rings is 2. The van der Waals surface area contributed by atoms with Gasteiger partial charge in [-0.2, -0.15) is 0 Å². The number of amides is 3. The summed E-state index contributed by atoms with van der Waals surface area (Å²) in [7, 11) is -1.76. The van der Waals surface area contributed by atoms with Crippen molar-refractivity contribution in [3.63, 3.8) is 0 Å². The summed E-state index contributed by atoms with van der Waals surface area (Å²) in [4.78, 5) is 47.7. The number of carbonyl (C=O) groups is 3. The average Bonchev–Trinajstić information content (AvgIpc) is 2.93. The van der Waals surface area contributed by atoms with Crippen molar-refractivity contribution in [3.05, 3.63) is 96.1 Å². The summed E-state index contributed by atoms with van der Waals surface area (Å²) in [5.41, 5.74) is 1.66. The molecule has 3 atom stereocenters. The van der Waals surface area contributed by atoms with Gasteiger partial charge in [0.05, 0.1) is 12.1 Å². The van der Waals surface area contributed by atoms with Crippen LogP contribution in [0.15, 0.2) is 79.3 Å². The highest BCUT2D eigenvalue weighted by molar-refractivity contribution is 6.43. The van der Waals surface area contributed by atoms with Crippen LogP contribution in [0.5, 0.6) is 0 Å². The van der Waals surface area contributed by atoms with Gasteiger partial charge in [-0.25, -0.2) is 4.98 Å². The van der Waals surface area contributed by atoms with Crippen molar-refractivity contribution in [1.29, 1.82) is 0 Å². The Labute approximate surface area is 228 Å². The third-order valence-electron chi connectivity index (χ3n) is 6.03. The van der Waals surface area contributed by atoms with E-state index in [9.17, 15) is 24.4 Å². The van der Waals surface area contributed by atoms with Crippen LogP contribution in [0.4, 0.5) is 0 Å². The molecule has 1 unspecified atom stereocenters. The van der Waals surface area contributed by atoms with Crippen LogP contribution in [0.25, 0.3) is 0 Å². The summed E-state index contributed by atoms with van der Waals surface area (Å²) in [6.07, 6.45) is 4.78. The maximum Gasteiger partial charge on any atom is 0.475 e. The average molecular weight is 531 g/mol. The summed E-state index contributed by atoms with van der Waals surface area (Å²) in [6, 6.07) is 16.3. The Bertz CT molecular complexity index is 1200. The second kappa shape index (κ2) is 14.7. The van der Waals surface area contributed by atoms with Crippen molar-refractivity contribution in [3.8, 4) is 0 Å². The van der Waals surface area contributed by atoms with Gasteiger partial charge in [0.25, 0.3) is 5.91 Å². The topological polar surface area (TPSA) is 154 Å². The lowest BCUT2D eigenvalue weighted by Crippen LogP contribution is -2.58. The van der Waals surface area contributed by atoms with Gasteiger partial charge in [-0.15, -0.1) is 0 Å². The monoisotopic (exact) mass is 531 g/mol. The van der Waals surface area contributed by atoms with Crippen LogP contribution in [0.3, 0.4) is 0 Å². The number of nitrogens with one attached hydrogen (secondary N) is 3. The third kappa shape index (κ3) is 9.62. The molecule has 0 aliphatic rings. The Balaban J connectivity index is 1.84. The molecule has 0 saturated carbocycles. The molecule has 204 valence electrons. The molecule has 1 heterocycles. The molecule has 5 N–H and O–H groups in total. The van der Waals surface area contributed by atoms with Crippen LogP contribution in [0.1, 0.15) is 41.9 Å². The number of rotatable bonds is 13. The molecule has 11 heteroatoms. The van der Waals surface area contributed by atoms with Crippen LogP contribution in [0, 0.1) is 5.92 Å². The van der Waals surface area contributed by atoms with Crippen LogP contribution >= 0.6 is 0 Å². The van der Waals surface area contributed by atoms with E-state index in [0.29, 0.717) is 6.42 Å². The minimum Gasteiger partial charge on any atom is -0.426 e. The van der Waals surface area contributed by atoms with Crippen molar-refractivity contribution in [2.75, 3.05) is 0 Å². The van der Waals surface area contributed by atoms with Gasteiger partial charge in [-0.1, -0.05) is 74.5 Å². The Morgan fingerprint density at radius 2 is 1.33 bits per heavy atom. The standard InChI is InChI=1S/C28H34BN5O5/c1-19(2)15-25(29(38)39)34-27(36)23(17-21-11-7-4-8-12-21)32-26(35)22(16-20-9-5-3-6-10-20)33-28(37)24-18-30-13-14-31-24/h3-14,18-19,22-23,25,38-39H,15-17H2,1-2H3,(H,32,35)(H,33,37)(H,34,36)/t22-,23?,25-/m0/s1. The molecule has 0 radical (unpaired) electrons. The first-order valence-corrected chi connectivity index (χ1v) is 12.8. The van der Waals surface area contributed by atoms with Crippen molar-refractivity contribution in [1.82, 2.24) is 25.9 Å². The number of hydrogen-bond acceptors (Lipinski definition) is 7. The highest BCUT2D eigenvalue weighted by Gasteiger charge is 2.32. The van der Waals surface area contributed by atoms with Crippen molar-refractivity contribution < 1.29 is 24.4 Å². The van der Waals surface area contributed by atoms with E-state index < -0.39 is 42.9 Å². The number of nitrogens with zero attached hydrogens (tertiary/aromatic N) is 2. The van der Waals surface area contributed by atoms with E-state index in [2.05, 4.69) is 25.9 Å². The minimum atomic E-state index is -1.76. The van der Waals surface area contributed by atoms with E-state index in [1.165, 1.54) is 18.6 Å². The lowest BCUT2D eigenvalue weighted by atomic mass is 9.75. The zero-order chi connectivity index (χ0) is 28.2. The summed E-state index contributed by atoms with van der Waals surface area (Å²) in [5, 5.41) is 27.8. The van der Waals surface area contributed by atoms with Gasteiger partial charge in [-0.3, -0.25) is 19.4 Å². The molecule has 0 spiro atoms. The molecule has 0 aliphatic heterocycles. The lowest BCUT2D eigenvalue weighted by molar-refractivity contribution is -0.130. The SMILES string of the molecule is CC(C)C[C@H](NC(=O)C(Cc1ccccc1)NC(=O)[C@H](Cc1ccccc1)NC(=O)c1cnccn1)B(O)O. The Kier molecular flexibility index (Phi) is 11.1. The van der Waals surface area contributed by atoms with E-state index in [-0.39, 0.29) is 24.5 Å². The number of carbonyl (C=O) groups excluding carboxylic acids is 3. The quantitative estimate of drug-likeness (QED) is 0.207. The molecule has 10 nitrogen and oxygen atoms in total. The predicted molar refractivity (Wildman–Crippen MR) is 147 cm³/mol. The van der Waals surface area contributed by atoms with Crippen molar-refractivity contribution in [2.45, 2.75) is 51.1 Å². The Morgan fingerprint density at radius 3 is 1.82 bits per heavy atom. The summed E-state index contributed by atoms with van der Waals surface area (Å²) >= 11 is 0. The fraction of sp³-hybridized carbons (Fsp3) is 0.321. The van der Waals surface area contributed by atoms with E-state index in [1.54, 1.807) is 0 Å². The predicted octanol–water partition coefficient (Wildman–Crippen LogP) is 1.09. The molecular formula is C28H34BN5O5. The maximum atomic E-state index is 13.6. The van der Waals surface area contributed by atoms with Gasteiger partial charge < -0.3 is 26.0 Å². The Hall–Kier alpha value is -4.09. The van der Waals surface area contributed by atoms with E-state index in [4.69, 9.17) is 0 Å². The van der Waals surface area contributed by atoms with E-state index in [0.717, 1.165) is 11.1 Å². The Morgan fingerprint density at radius 1 is 0.795 bits per heavy atom. The van der Waals surface area contributed by atoms with Crippen LogP contribution in [0.2, 0.25) is 0 Å². The first-order valence-electron chi connectivity index (χ1n) is 12.8. The normalized spacial score (nSPS) is 13.2. The van der Waals surface area contributed by atoms with E-state index in [1.807, 2.05) is 74.5 Å². The molecule has 0 saturated heterocycles. The molecular weight excluding hydrogens is 497 g/mol. The highest BCUT2D eigenvalue weighted by Crippen LogP contribution is 2.10. The minimum absolute atomic E-state index is 0.0513. The smallest absolute Gasteiger partial charge is 0.426 e. The molecule has 1 aromatic heterocycles. The van der Waals surface area contributed by atoms with Gasteiger partial charge in [0, 0.05) is 25.2 Å². The van der Waals surface area contributed by atoms with Crippen LogP contribution in [-0.2, 0) is 22.4 Å². The second-order valence-corrected chi connectivity index (χ2v) is 9.72. The molecule has 2 aromatic carbocycles. The summed E-state index contributed by atoms with van der Waals surface area (Å²) < 4.78 is 0. The molecule has 0 fully saturated rings. The van der Waals surface area contributed by atoms with Gasteiger partial charge >= 0.3 is 7.12 Å². The summed E-state index contributed by atoms with van der Waals surface area (Å²) in [6.45, 7) is 3.80. The first kappa shape index (κ1) is 29.5.